The fourth-order valence-corrected chi connectivity index (χ4v) is 2.96. The van der Waals surface area contributed by atoms with Gasteiger partial charge in [0.15, 0.2) is 0 Å². The lowest BCUT2D eigenvalue weighted by Crippen LogP contribution is -2.41. The fraction of sp³-hybridized carbons (Fsp3) is 1.00. The van der Waals surface area contributed by atoms with E-state index in [1.807, 2.05) is 0 Å². The van der Waals surface area contributed by atoms with Gasteiger partial charge >= 0.3 is 0 Å². The molecule has 0 bridgehead atoms. The maximum Gasteiger partial charge on any atom is 0.0643 e. The van der Waals surface area contributed by atoms with Crippen LogP contribution in [-0.2, 0) is 4.74 Å². The highest BCUT2D eigenvalue weighted by Gasteiger charge is 2.32. The molecule has 2 fully saturated rings. The van der Waals surface area contributed by atoms with Crippen LogP contribution in [0.1, 0.15) is 52.4 Å². The van der Waals surface area contributed by atoms with Gasteiger partial charge in [-0.25, -0.2) is 0 Å². The minimum Gasteiger partial charge on any atom is -0.378 e. The molecule has 1 saturated carbocycles. The molecule has 2 aliphatic rings. The monoisotopic (exact) mass is 225 g/mol. The van der Waals surface area contributed by atoms with Crippen LogP contribution < -0.4 is 5.32 Å². The number of nitrogens with one attached hydrogen (secondary N) is 1. The van der Waals surface area contributed by atoms with Crippen LogP contribution in [-0.4, -0.2) is 25.3 Å². The molecule has 0 spiro atoms. The third kappa shape index (κ3) is 3.21. The molecule has 2 atom stereocenters. The second-order valence-electron chi connectivity index (χ2n) is 5.50. The molecule has 0 radical (unpaired) electrons. The maximum atomic E-state index is 6.05. The van der Waals surface area contributed by atoms with Crippen LogP contribution >= 0.6 is 0 Å². The second kappa shape index (κ2) is 6.02. The largest absolute Gasteiger partial charge is 0.378 e. The molecule has 1 aliphatic heterocycles. The molecule has 2 nitrogen and oxygen atoms in total. The van der Waals surface area contributed by atoms with Crippen LogP contribution in [0.4, 0.5) is 0 Å². The summed E-state index contributed by atoms with van der Waals surface area (Å²) in [7, 11) is 0. The average Bonchev–Trinajstić information content (AvgIpc) is 3.13. The highest BCUT2D eigenvalue weighted by Crippen LogP contribution is 2.30. The third-order valence-electron chi connectivity index (χ3n) is 4.25. The lowest BCUT2D eigenvalue weighted by molar-refractivity contribution is -0.0617. The fourth-order valence-electron chi connectivity index (χ4n) is 2.96. The van der Waals surface area contributed by atoms with Gasteiger partial charge in [0.1, 0.15) is 0 Å². The predicted molar refractivity (Wildman–Crippen MR) is 67.6 cm³/mol. The van der Waals surface area contributed by atoms with Gasteiger partial charge in [-0.05, 0) is 37.5 Å². The van der Waals surface area contributed by atoms with Crippen molar-refractivity contribution < 1.29 is 4.74 Å². The Bertz CT molecular complexity index is 199. The van der Waals surface area contributed by atoms with Gasteiger partial charge in [-0.3, -0.25) is 0 Å². The van der Waals surface area contributed by atoms with Crippen LogP contribution in [0.5, 0.6) is 0 Å². The van der Waals surface area contributed by atoms with Crippen LogP contribution in [0, 0.1) is 11.8 Å². The Kier molecular flexibility index (Phi) is 4.66. The van der Waals surface area contributed by atoms with Crippen molar-refractivity contribution >= 4 is 0 Å². The maximum absolute atomic E-state index is 6.05. The van der Waals surface area contributed by atoms with E-state index in [0.717, 1.165) is 24.5 Å². The summed E-state index contributed by atoms with van der Waals surface area (Å²) >= 11 is 0. The Hall–Kier alpha value is -0.0800. The van der Waals surface area contributed by atoms with E-state index in [9.17, 15) is 0 Å². The van der Waals surface area contributed by atoms with E-state index in [1.54, 1.807) is 0 Å². The first-order valence-corrected chi connectivity index (χ1v) is 7.20. The number of hydrogen-bond acceptors (Lipinski definition) is 2. The van der Waals surface area contributed by atoms with Crippen LogP contribution in [0.15, 0.2) is 0 Å². The molecule has 0 amide bonds. The van der Waals surface area contributed by atoms with Gasteiger partial charge < -0.3 is 10.1 Å². The van der Waals surface area contributed by atoms with Gasteiger partial charge in [-0.1, -0.05) is 26.7 Å². The molecule has 0 aromatic heterocycles. The van der Waals surface area contributed by atoms with Crippen molar-refractivity contribution in [1.82, 2.24) is 5.32 Å². The molecular weight excluding hydrogens is 198 g/mol. The molecule has 1 heterocycles. The van der Waals surface area contributed by atoms with Crippen LogP contribution in [0.25, 0.3) is 0 Å². The van der Waals surface area contributed by atoms with E-state index >= 15 is 0 Å². The topological polar surface area (TPSA) is 21.3 Å². The quantitative estimate of drug-likeness (QED) is 0.750. The average molecular weight is 225 g/mol. The first-order valence-electron chi connectivity index (χ1n) is 7.20. The van der Waals surface area contributed by atoms with Crippen LogP contribution in [0.3, 0.4) is 0 Å². The summed E-state index contributed by atoms with van der Waals surface area (Å²) in [6.07, 6.45) is 8.46. The predicted octanol–water partition coefficient (Wildman–Crippen LogP) is 2.97. The van der Waals surface area contributed by atoms with Crippen molar-refractivity contribution in [1.29, 1.82) is 0 Å². The van der Waals surface area contributed by atoms with E-state index in [-0.39, 0.29) is 0 Å². The van der Waals surface area contributed by atoms with Crippen molar-refractivity contribution in [2.75, 3.05) is 13.2 Å². The van der Waals surface area contributed by atoms with Crippen molar-refractivity contribution in [3.8, 4) is 0 Å². The molecular formula is C14H27NO. The van der Waals surface area contributed by atoms with Gasteiger partial charge in [0.25, 0.3) is 0 Å². The Balaban J connectivity index is 1.84. The first kappa shape index (κ1) is 12.4. The summed E-state index contributed by atoms with van der Waals surface area (Å²) in [5.41, 5.74) is 0. The summed E-state index contributed by atoms with van der Waals surface area (Å²) in [6.45, 7) is 6.78. The SMILES string of the molecule is CCC(CC)C1OCCCC1CNC1CC1. The highest BCUT2D eigenvalue weighted by atomic mass is 16.5. The van der Waals surface area contributed by atoms with Gasteiger partial charge in [0.05, 0.1) is 6.10 Å². The highest BCUT2D eigenvalue weighted by molar-refractivity contribution is 4.86. The Labute approximate surface area is 100 Å². The molecule has 1 aliphatic carbocycles. The molecule has 94 valence electrons. The lowest BCUT2D eigenvalue weighted by atomic mass is 9.83. The number of ether oxygens (including phenoxy) is 1. The molecule has 1 saturated heterocycles. The van der Waals surface area contributed by atoms with Crippen molar-refractivity contribution in [2.24, 2.45) is 11.8 Å². The smallest absolute Gasteiger partial charge is 0.0643 e. The standard InChI is InChI=1S/C14H27NO/c1-3-11(4-2)14-12(6-5-9-16-14)10-15-13-7-8-13/h11-15H,3-10H2,1-2H3. The van der Waals surface area contributed by atoms with E-state index in [0.29, 0.717) is 6.10 Å². The van der Waals surface area contributed by atoms with Crippen LogP contribution in [0.2, 0.25) is 0 Å². The van der Waals surface area contributed by atoms with Gasteiger partial charge in [0.2, 0.25) is 0 Å². The van der Waals surface area contributed by atoms with Gasteiger partial charge in [-0.2, -0.15) is 0 Å². The van der Waals surface area contributed by atoms with Gasteiger partial charge in [0, 0.05) is 19.2 Å². The van der Waals surface area contributed by atoms with Crippen molar-refractivity contribution in [3.63, 3.8) is 0 Å². The summed E-state index contributed by atoms with van der Waals surface area (Å²) in [5, 5.41) is 3.68. The summed E-state index contributed by atoms with van der Waals surface area (Å²) < 4.78 is 6.05. The molecule has 0 aromatic rings. The molecule has 0 aromatic carbocycles. The van der Waals surface area contributed by atoms with E-state index in [2.05, 4.69) is 19.2 Å². The third-order valence-corrected chi connectivity index (χ3v) is 4.25. The second-order valence-corrected chi connectivity index (χ2v) is 5.50. The molecule has 16 heavy (non-hydrogen) atoms. The van der Waals surface area contributed by atoms with E-state index in [1.165, 1.54) is 45.1 Å². The van der Waals surface area contributed by atoms with Crippen molar-refractivity contribution in [2.45, 2.75) is 64.5 Å². The summed E-state index contributed by atoms with van der Waals surface area (Å²) in [5.74, 6) is 1.53. The zero-order chi connectivity index (χ0) is 11.4. The Morgan fingerprint density at radius 2 is 1.94 bits per heavy atom. The number of rotatable bonds is 6. The summed E-state index contributed by atoms with van der Waals surface area (Å²) in [4.78, 5) is 0. The van der Waals surface area contributed by atoms with Gasteiger partial charge in [-0.15, -0.1) is 0 Å². The summed E-state index contributed by atoms with van der Waals surface area (Å²) in [6, 6.07) is 0.837. The van der Waals surface area contributed by atoms with E-state index < -0.39 is 0 Å². The number of hydrogen-bond donors (Lipinski definition) is 1. The minimum absolute atomic E-state index is 0.523. The zero-order valence-corrected chi connectivity index (χ0v) is 10.9. The Morgan fingerprint density at radius 1 is 1.19 bits per heavy atom. The van der Waals surface area contributed by atoms with E-state index in [4.69, 9.17) is 4.74 Å². The molecule has 2 heteroatoms. The Morgan fingerprint density at radius 3 is 2.56 bits per heavy atom. The molecule has 2 unspecified atom stereocenters. The zero-order valence-electron chi connectivity index (χ0n) is 10.9. The normalized spacial score (nSPS) is 30.9. The lowest BCUT2D eigenvalue weighted by Gasteiger charge is -2.36. The molecule has 1 N–H and O–H groups in total. The minimum atomic E-state index is 0.523. The first-order chi connectivity index (χ1) is 7.85. The molecule has 2 rings (SSSR count). The van der Waals surface area contributed by atoms with Crippen molar-refractivity contribution in [3.05, 3.63) is 0 Å².